The van der Waals surface area contributed by atoms with E-state index in [0.717, 1.165) is 11.4 Å². The maximum absolute atomic E-state index is 12.5. The van der Waals surface area contributed by atoms with Crippen molar-refractivity contribution in [3.05, 3.63) is 59.7 Å². The Balaban J connectivity index is 2.10. The summed E-state index contributed by atoms with van der Waals surface area (Å²) in [4.78, 5) is 12.5. The van der Waals surface area contributed by atoms with E-state index in [-0.39, 0.29) is 5.78 Å². The number of hydrogen-bond acceptors (Lipinski definition) is 5. The number of ketones is 1. The average molecular weight is 298 g/mol. The summed E-state index contributed by atoms with van der Waals surface area (Å²) >= 11 is 0. The number of benzene rings is 2. The van der Waals surface area contributed by atoms with Crippen LogP contribution in [0.3, 0.4) is 0 Å². The van der Waals surface area contributed by atoms with Gasteiger partial charge in [0.15, 0.2) is 5.78 Å². The first-order chi connectivity index (χ1) is 10.5. The molecule has 0 unspecified atom stereocenters. The van der Waals surface area contributed by atoms with E-state index in [1.165, 1.54) is 0 Å². The molecule has 116 valence electrons. The Labute approximate surface area is 131 Å². The second-order valence-electron chi connectivity index (χ2n) is 5.50. The summed E-state index contributed by atoms with van der Waals surface area (Å²) in [7, 11) is 7.68. The van der Waals surface area contributed by atoms with E-state index in [9.17, 15) is 4.79 Å². The minimum Gasteiger partial charge on any atom is -0.319 e. The molecule has 0 aliphatic carbocycles. The van der Waals surface area contributed by atoms with Crippen LogP contribution in [0.1, 0.15) is 15.9 Å². The van der Waals surface area contributed by atoms with Gasteiger partial charge in [0.25, 0.3) is 0 Å². The molecule has 5 nitrogen and oxygen atoms in total. The van der Waals surface area contributed by atoms with Crippen LogP contribution in [0.2, 0.25) is 0 Å². The molecule has 0 saturated carbocycles. The number of anilines is 2. The van der Waals surface area contributed by atoms with Gasteiger partial charge in [-0.05, 0) is 48.5 Å². The largest absolute Gasteiger partial charge is 0.319 e. The van der Waals surface area contributed by atoms with Gasteiger partial charge in [-0.25, -0.2) is 10.0 Å². The van der Waals surface area contributed by atoms with Crippen LogP contribution in [0.25, 0.3) is 0 Å². The topological polar surface area (TPSA) is 47.6 Å². The first-order valence-electron chi connectivity index (χ1n) is 7.08. The Morgan fingerprint density at radius 1 is 0.682 bits per heavy atom. The molecule has 0 atom stereocenters. The van der Waals surface area contributed by atoms with Crippen LogP contribution in [0.15, 0.2) is 48.5 Å². The van der Waals surface area contributed by atoms with Crippen molar-refractivity contribution >= 4 is 17.2 Å². The van der Waals surface area contributed by atoms with E-state index < -0.39 is 0 Å². The summed E-state index contributed by atoms with van der Waals surface area (Å²) in [6.45, 7) is 0. The van der Waals surface area contributed by atoms with E-state index in [0.29, 0.717) is 11.1 Å². The van der Waals surface area contributed by atoms with Gasteiger partial charge in [-0.3, -0.25) is 4.79 Å². The van der Waals surface area contributed by atoms with Gasteiger partial charge >= 0.3 is 0 Å². The molecule has 0 amide bonds. The Kier molecular flexibility index (Phi) is 5.14. The summed E-state index contributed by atoms with van der Waals surface area (Å²) in [6.07, 6.45) is 0. The summed E-state index contributed by atoms with van der Waals surface area (Å²) in [5.41, 5.74) is 9.55. The van der Waals surface area contributed by atoms with Crippen molar-refractivity contribution in [1.82, 2.24) is 10.0 Å². The first kappa shape index (κ1) is 16.0. The van der Waals surface area contributed by atoms with Gasteiger partial charge in [-0.2, -0.15) is 0 Å². The smallest absolute Gasteiger partial charge is 0.193 e. The van der Waals surface area contributed by atoms with Crippen molar-refractivity contribution in [2.24, 2.45) is 0 Å². The van der Waals surface area contributed by atoms with Crippen molar-refractivity contribution in [3.63, 3.8) is 0 Å². The summed E-state index contributed by atoms with van der Waals surface area (Å²) in [6, 6.07) is 14.9. The lowest BCUT2D eigenvalue weighted by molar-refractivity contribution is 0.103. The van der Waals surface area contributed by atoms with Crippen molar-refractivity contribution in [2.75, 3.05) is 39.0 Å². The third-order valence-electron chi connectivity index (χ3n) is 3.00. The van der Waals surface area contributed by atoms with Crippen molar-refractivity contribution in [2.45, 2.75) is 0 Å². The zero-order chi connectivity index (χ0) is 16.1. The number of nitrogens with one attached hydrogen (secondary N) is 2. The van der Waals surface area contributed by atoms with Crippen LogP contribution in [0, 0.1) is 0 Å². The van der Waals surface area contributed by atoms with Crippen molar-refractivity contribution < 1.29 is 4.79 Å². The molecule has 5 heteroatoms. The predicted octanol–water partition coefficient (Wildman–Crippen LogP) is 2.69. The standard InChI is InChI=1S/C17H22N4O/c1-20(2)18-15-9-5-13(6-10-15)17(22)14-7-11-16(12-8-14)19-21(3)4/h5-12,18-19H,1-4H3. The Morgan fingerprint density at radius 3 is 1.27 bits per heavy atom. The molecule has 0 radical (unpaired) electrons. The third kappa shape index (κ3) is 4.31. The normalized spacial score (nSPS) is 10.8. The first-order valence-corrected chi connectivity index (χ1v) is 7.08. The van der Waals surface area contributed by atoms with Gasteiger partial charge in [0.1, 0.15) is 0 Å². The van der Waals surface area contributed by atoms with Crippen LogP contribution >= 0.6 is 0 Å². The molecule has 2 aromatic carbocycles. The molecule has 22 heavy (non-hydrogen) atoms. The number of hydrazine groups is 2. The van der Waals surface area contributed by atoms with E-state index in [4.69, 9.17) is 0 Å². The highest BCUT2D eigenvalue weighted by Gasteiger charge is 2.09. The Morgan fingerprint density at radius 2 is 1.00 bits per heavy atom. The van der Waals surface area contributed by atoms with Crippen LogP contribution in [-0.4, -0.2) is 44.0 Å². The fourth-order valence-corrected chi connectivity index (χ4v) is 2.08. The SMILES string of the molecule is CN(C)Nc1ccc(C(=O)c2ccc(NN(C)C)cc2)cc1. The molecule has 0 aromatic heterocycles. The van der Waals surface area contributed by atoms with E-state index in [1.54, 1.807) is 0 Å². The molecule has 2 N–H and O–H groups in total. The van der Waals surface area contributed by atoms with Gasteiger partial charge < -0.3 is 10.9 Å². The summed E-state index contributed by atoms with van der Waals surface area (Å²) < 4.78 is 0. The van der Waals surface area contributed by atoms with E-state index in [2.05, 4.69) is 10.9 Å². The minimum absolute atomic E-state index is 0.0211. The minimum atomic E-state index is 0.0211. The molecule has 0 spiro atoms. The number of carbonyl (C=O) groups is 1. The van der Waals surface area contributed by atoms with Crippen molar-refractivity contribution in [1.29, 1.82) is 0 Å². The fraction of sp³-hybridized carbons (Fsp3) is 0.235. The number of hydrogen-bond donors (Lipinski definition) is 2. The van der Waals surface area contributed by atoms with E-state index in [1.807, 2.05) is 86.7 Å². The molecule has 0 fully saturated rings. The number of carbonyl (C=O) groups excluding carboxylic acids is 1. The monoisotopic (exact) mass is 298 g/mol. The third-order valence-corrected chi connectivity index (χ3v) is 3.00. The van der Waals surface area contributed by atoms with Crippen LogP contribution in [0.5, 0.6) is 0 Å². The quantitative estimate of drug-likeness (QED) is 0.634. The van der Waals surface area contributed by atoms with Gasteiger partial charge in [-0.1, -0.05) is 0 Å². The highest BCUT2D eigenvalue weighted by atomic mass is 16.1. The second-order valence-corrected chi connectivity index (χ2v) is 5.50. The van der Waals surface area contributed by atoms with Gasteiger partial charge in [0.05, 0.1) is 0 Å². The lowest BCUT2D eigenvalue weighted by Gasteiger charge is -2.14. The van der Waals surface area contributed by atoms with Crippen LogP contribution in [0.4, 0.5) is 11.4 Å². The van der Waals surface area contributed by atoms with Crippen LogP contribution < -0.4 is 10.9 Å². The second kappa shape index (κ2) is 7.06. The molecule has 0 bridgehead atoms. The number of rotatable bonds is 6. The molecule has 2 rings (SSSR count). The number of nitrogens with zero attached hydrogens (tertiary/aromatic N) is 2. The summed E-state index contributed by atoms with van der Waals surface area (Å²) in [5, 5.41) is 3.71. The lowest BCUT2D eigenvalue weighted by atomic mass is 10.0. The van der Waals surface area contributed by atoms with Gasteiger partial charge in [0, 0.05) is 50.7 Å². The fourth-order valence-electron chi connectivity index (χ4n) is 2.08. The maximum atomic E-state index is 12.5. The molecule has 0 saturated heterocycles. The molecular formula is C17H22N4O. The highest BCUT2D eigenvalue weighted by molar-refractivity contribution is 6.09. The molecule has 0 heterocycles. The molecular weight excluding hydrogens is 276 g/mol. The van der Waals surface area contributed by atoms with E-state index >= 15 is 0 Å². The van der Waals surface area contributed by atoms with Crippen molar-refractivity contribution in [3.8, 4) is 0 Å². The van der Waals surface area contributed by atoms with Gasteiger partial charge in [0.2, 0.25) is 0 Å². The zero-order valence-electron chi connectivity index (χ0n) is 13.4. The van der Waals surface area contributed by atoms with Gasteiger partial charge in [-0.15, -0.1) is 0 Å². The Hall–Kier alpha value is -2.37. The molecule has 2 aromatic rings. The zero-order valence-corrected chi connectivity index (χ0v) is 13.4. The molecule has 0 aliphatic heterocycles. The molecule has 0 aliphatic rings. The maximum Gasteiger partial charge on any atom is 0.193 e. The van der Waals surface area contributed by atoms with Crippen LogP contribution in [-0.2, 0) is 0 Å². The lowest BCUT2D eigenvalue weighted by Crippen LogP contribution is -2.19. The summed E-state index contributed by atoms with van der Waals surface area (Å²) in [5.74, 6) is 0.0211. The Bertz CT molecular complexity index is 563. The predicted molar refractivity (Wildman–Crippen MR) is 90.9 cm³/mol. The highest BCUT2D eigenvalue weighted by Crippen LogP contribution is 2.16. The average Bonchev–Trinajstić information content (AvgIpc) is 2.47.